The van der Waals surface area contributed by atoms with E-state index in [0.29, 0.717) is 23.5 Å². The number of thioether (sulfide) groups is 1. The minimum absolute atomic E-state index is 0.111. The van der Waals surface area contributed by atoms with Crippen molar-refractivity contribution in [2.75, 3.05) is 23.0 Å². The van der Waals surface area contributed by atoms with Gasteiger partial charge < -0.3 is 20.7 Å². The summed E-state index contributed by atoms with van der Waals surface area (Å²) in [4.78, 5) is 39.8. The van der Waals surface area contributed by atoms with Gasteiger partial charge in [-0.1, -0.05) is 60.7 Å². The Kier molecular flexibility index (Phi) is 10.1. The molecule has 0 spiro atoms. The van der Waals surface area contributed by atoms with Crippen LogP contribution in [0.25, 0.3) is 16.8 Å². The van der Waals surface area contributed by atoms with Crippen LogP contribution in [0.2, 0.25) is 0 Å². The Balaban J connectivity index is 1.25. The van der Waals surface area contributed by atoms with E-state index in [2.05, 4.69) is 16.0 Å². The Labute approximate surface area is 260 Å². The molecule has 0 saturated heterocycles. The summed E-state index contributed by atoms with van der Waals surface area (Å²) in [6, 6.07) is 36.9. The van der Waals surface area contributed by atoms with E-state index in [1.807, 2.05) is 79.7 Å². The predicted molar refractivity (Wildman–Crippen MR) is 178 cm³/mol. The molecule has 0 aromatic heterocycles. The zero-order valence-electron chi connectivity index (χ0n) is 24.1. The van der Waals surface area contributed by atoms with Crippen LogP contribution in [0.5, 0.6) is 5.75 Å². The van der Waals surface area contributed by atoms with Crippen molar-refractivity contribution >= 4 is 57.7 Å². The molecular formula is C36H31N3O4S. The molecule has 0 saturated carbocycles. The molecule has 0 radical (unpaired) electrons. The van der Waals surface area contributed by atoms with Gasteiger partial charge in [0, 0.05) is 21.8 Å². The average molecular weight is 602 g/mol. The summed E-state index contributed by atoms with van der Waals surface area (Å²) in [7, 11) is 0. The maximum absolute atomic E-state index is 13.5. The second-order valence-electron chi connectivity index (χ2n) is 9.72. The fraction of sp³-hybridized carbons (Fsp3) is 0.0833. The number of hydrogen-bond donors (Lipinski definition) is 3. The van der Waals surface area contributed by atoms with Crippen molar-refractivity contribution in [2.24, 2.45) is 0 Å². The number of anilines is 2. The second-order valence-corrected chi connectivity index (χ2v) is 10.8. The minimum atomic E-state index is -0.461. The zero-order valence-corrected chi connectivity index (χ0v) is 24.9. The van der Waals surface area contributed by atoms with Gasteiger partial charge in [-0.15, -0.1) is 11.8 Å². The van der Waals surface area contributed by atoms with Crippen LogP contribution >= 0.6 is 11.8 Å². The molecule has 0 fully saturated rings. The number of rotatable bonds is 11. The Morgan fingerprint density at radius 1 is 0.727 bits per heavy atom. The molecule has 8 heteroatoms. The summed E-state index contributed by atoms with van der Waals surface area (Å²) in [6.07, 6.45) is 1.69. The third-order valence-corrected chi connectivity index (χ3v) is 7.60. The summed E-state index contributed by atoms with van der Waals surface area (Å²) < 4.78 is 5.43. The van der Waals surface area contributed by atoms with Crippen LogP contribution in [-0.4, -0.2) is 30.1 Å². The lowest BCUT2D eigenvalue weighted by Gasteiger charge is -2.13. The lowest BCUT2D eigenvalue weighted by atomic mass is 10.0. The number of hydrogen-bond acceptors (Lipinski definition) is 5. The smallest absolute Gasteiger partial charge is 0.272 e. The number of nitrogens with one attached hydrogen (secondary N) is 3. The van der Waals surface area contributed by atoms with E-state index in [9.17, 15) is 14.4 Å². The molecule has 0 atom stereocenters. The summed E-state index contributed by atoms with van der Waals surface area (Å²) in [6.45, 7) is 2.50. The largest absolute Gasteiger partial charge is 0.494 e. The highest BCUT2D eigenvalue weighted by atomic mass is 32.2. The molecule has 0 aliphatic carbocycles. The lowest BCUT2D eigenvalue weighted by molar-refractivity contribution is -0.114. The van der Waals surface area contributed by atoms with Gasteiger partial charge in [-0.3, -0.25) is 14.4 Å². The Bertz CT molecular complexity index is 1780. The number of carbonyl (C=O) groups is 3. The highest BCUT2D eigenvalue weighted by molar-refractivity contribution is 8.00. The first kappa shape index (κ1) is 30.1. The first-order valence-electron chi connectivity index (χ1n) is 14.1. The Hall–Kier alpha value is -5.34. The van der Waals surface area contributed by atoms with E-state index in [1.54, 1.807) is 54.6 Å². The highest BCUT2D eigenvalue weighted by Crippen LogP contribution is 2.23. The molecule has 3 amide bonds. The van der Waals surface area contributed by atoms with Crippen LogP contribution in [0, 0.1) is 0 Å². The number of ether oxygens (including phenoxy) is 1. The van der Waals surface area contributed by atoms with E-state index in [-0.39, 0.29) is 23.3 Å². The maximum Gasteiger partial charge on any atom is 0.272 e. The van der Waals surface area contributed by atoms with E-state index in [4.69, 9.17) is 4.74 Å². The van der Waals surface area contributed by atoms with Gasteiger partial charge in [0.2, 0.25) is 5.91 Å². The van der Waals surface area contributed by atoms with Gasteiger partial charge in [-0.2, -0.15) is 0 Å². The molecule has 3 N–H and O–H groups in total. The van der Waals surface area contributed by atoms with Crippen molar-refractivity contribution in [1.82, 2.24) is 5.32 Å². The second kappa shape index (κ2) is 14.7. The van der Waals surface area contributed by atoms with Crippen molar-refractivity contribution in [3.8, 4) is 5.75 Å². The quantitative estimate of drug-likeness (QED) is 0.108. The van der Waals surface area contributed by atoms with Crippen LogP contribution in [0.1, 0.15) is 22.8 Å². The molecule has 44 heavy (non-hydrogen) atoms. The normalized spacial score (nSPS) is 11.1. The first-order chi connectivity index (χ1) is 21.5. The number of amides is 3. The van der Waals surface area contributed by atoms with Crippen LogP contribution < -0.4 is 20.7 Å². The number of carbonyl (C=O) groups excluding carboxylic acids is 3. The summed E-state index contributed by atoms with van der Waals surface area (Å²) in [5.41, 5.74) is 2.60. The SMILES string of the molecule is CCOc1ccc(NC(=O)CSc2ccc(NC(=O)/C(=C/c3cccc4ccccc34)NC(=O)c3ccccc3)cc2)cc1. The first-order valence-corrected chi connectivity index (χ1v) is 15.1. The van der Waals surface area contributed by atoms with Gasteiger partial charge in [0.15, 0.2) is 0 Å². The van der Waals surface area contributed by atoms with Crippen molar-refractivity contribution in [2.45, 2.75) is 11.8 Å². The van der Waals surface area contributed by atoms with Crippen LogP contribution in [-0.2, 0) is 9.59 Å². The average Bonchev–Trinajstić information content (AvgIpc) is 3.05. The summed E-state index contributed by atoms with van der Waals surface area (Å²) >= 11 is 1.38. The molecule has 0 aliphatic heterocycles. The van der Waals surface area contributed by atoms with Gasteiger partial charge in [0.1, 0.15) is 11.4 Å². The maximum atomic E-state index is 13.5. The Morgan fingerprint density at radius 2 is 1.39 bits per heavy atom. The van der Waals surface area contributed by atoms with E-state index in [1.165, 1.54) is 11.8 Å². The van der Waals surface area contributed by atoms with E-state index in [0.717, 1.165) is 27.0 Å². The topological polar surface area (TPSA) is 96.5 Å². The summed E-state index contributed by atoms with van der Waals surface area (Å²) in [5.74, 6) is -0.00178. The standard InChI is InChI=1S/C36H31N3O4S/c1-2-43-30-19-15-28(16-20-30)37-34(40)24-44-31-21-17-29(18-22-31)38-36(42)33(39-35(41)26-10-4-3-5-11-26)23-27-13-8-12-25-9-6-7-14-32(25)27/h3-23H,2,24H2,1H3,(H,37,40)(H,38,42)(H,39,41)/b33-23-. The molecule has 5 rings (SSSR count). The van der Waals surface area contributed by atoms with Crippen molar-refractivity contribution in [1.29, 1.82) is 0 Å². The minimum Gasteiger partial charge on any atom is -0.494 e. The highest BCUT2D eigenvalue weighted by Gasteiger charge is 2.16. The molecule has 0 aliphatic rings. The van der Waals surface area contributed by atoms with Crippen molar-refractivity contribution in [3.05, 3.63) is 138 Å². The van der Waals surface area contributed by atoms with E-state index >= 15 is 0 Å². The van der Waals surface area contributed by atoms with Gasteiger partial charge in [0.25, 0.3) is 11.8 Å². The molecule has 5 aromatic carbocycles. The number of fused-ring (bicyclic) bond motifs is 1. The van der Waals surface area contributed by atoms with Crippen LogP contribution in [0.3, 0.4) is 0 Å². The monoisotopic (exact) mass is 601 g/mol. The van der Waals surface area contributed by atoms with E-state index < -0.39 is 5.91 Å². The molecule has 0 unspecified atom stereocenters. The van der Waals surface area contributed by atoms with Gasteiger partial charge in [0.05, 0.1) is 12.4 Å². The molecule has 220 valence electrons. The van der Waals surface area contributed by atoms with Crippen molar-refractivity contribution < 1.29 is 19.1 Å². The van der Waals surface area contributed by atoms with Crippen LogP contribution in [0.15, 0.2) is 132 Å². The molecular weight excluding hydrogens is 570 g/mol. The van der Waals surface area contributed by atoms with Gasteiger partial charge >= 0.3 is 0 Å². The summed E-state index contributed by atoms with van der Waals surface area (Å²) in [5, 5.41) is 10.5. The fourth-order valence-corrected chi connectivity index (χ4v) is 5.15. The zero-order chi connectivity index (χ0) is 30.7. The number of benzene rings is 5. The third-order valence-electron chi connectivity index (χ3n) is 6.58. The van der Waals surface area contributed by atoms with Crippen molar-refractivity contribution in [3.63, 3.8) is 0 Å². The Morgan fingerprint density at radius 3 is 2.14 bits per heavy atom. The molecule has 0 bridgehead atoms. The molecule has 5 aromatic rings. The van der Waals surface area contributed by atoms with Gasteiger partial charge in [-0.05, 0) is 90.0 Å². The molecule has 0 heterocycles. The lowest BCUT2D eigenvalue weighted by Crippen LogP contribution is -2.30. The third kappa shape index (κ3) is 8.14. The van der Waals surface area contributed by atoms with Crippen LogP contribution in [0.4, 0.5) is 11.4 Å². The van der Waals surface area contributed by atoms with Gasteiger partial charge in [-0.25, -0.2) is 0 Å². The molecule has 7 nitrogen and oxygen atoms in total. The fourth-order valence-electron chi connectivity index (χ4n) is 4.45. The predicted octanol–water partition coefficient (Wildman–Crippen LogP) is 7.38.